The predicted octanol–water partition coefficient (Wildman–Crippen LogP) is 6.01. The summed E-state index contributed by atoms with van der Waals surface area (Å²) in [7, 11) is 1.39. The minimum Gasteiger partial charge on any atom is -0.453 e. The molecule has 3 heterocycles. The van der Waals surface area contributed by atoms with Crippen LogP contribution in [-0.4, -0.2) is 35.5 Å². The van der Waals surface area contributed by atoms with Gasteiger partial charge in [-0.25, -0.2) is 9.78 Å². The summed E-state index contributed by atoms with van der Waals surface area (Å²) in [6.45, 7) is 1.03. The van der Waals surface area contributed by atoms with Crippen LogP contribution in [0.4, 0.5) is 9.80 Å². The number of hydrogen-bond donors (Lipinski definition) is 1. The summed E-state index contributed by atoms with van der Waals surface area (Å²) in [5, 5.41) is 4.78. The van der Waals surface area contributed by atoms with Gasteiger partial charge in [0, 0.05) is 20.6 Å². The molecule has 0 fully saturated rings. The number of benzene rings is 2. The number of fused-ring (bicyclic) bond motifs is 2. The van der Waals surface area contributed by atoms with Crippen molar-refractivity contribution in [2.75, 3.05) is 19.0 Å². The topological polar surface area (TPSA) is 71.5 Å². The molecule has 0 saturated carbocycles. The van der Waals surface area contributed by atoms with Gasteiger partial charge in [-0.05, 0) is 58.8 Å². The second kappa shape index (κ2) is 8.80. The fourth-order valence-corrected chi connectivity index (χ4v) is 6.80. The fourth-order valence-electron chi connectivity index (χ4n) is 3.80. The first kappa shape index (κ1) is 21.4. The zero-order chi connectivity index (χ0) is 22.2. The molecule has 9 heteroatoms. The van der Waals surface area contributed by atoms with Crippen molar-refractivity contribution in [1.82, 2.24) is 9.88 Å². The van der Waals surface area contributed by atoms with Gasteiger partial charge in [-0.3, -0.25) is 4.79 Å². The lowest BCUT2D eigenvalue weighted by Crippen LogP contribution is -2.35. The molecule has 0 unspecified atom stereocenters. The van der Waals surface area contributed by atoms with E-state index in [0.29, 0.717) is 25.1 Å². The van der Waals surface area contributed by atoms with E-state index >= 15 is 0 Å². The Morgan fingerprint density at radius 3 is 2.69 bits per heavy atom. The maximum Gasteiger partial charge on any atom is 0.409 e. The number of anilines is 1. The fraction of sp³-hybridized carbons (Fsp3) is 0.174. The van der Waals surface area contributed by atoms with Crippen LogP contribution in [0.1, 0.15) is 20.8 Å². The van der Waals surface area contributed by atoms with Gasteiger partial charge < -0.3 is 15.0 Å². The number of carbonyl (C=O) groups is 2. The smallest absolute Gasteiger partial charge is 0.409 e. The van der Waals surface area contributed by atoms with Crippen LogP contribution in [0.15, 0.2) is 48.5 Å². The van der Waals surface area contributed by atoms with E-state index in [1.54, 1.807) is 16.2 Å². The number of rotatable bonds is 3. The first-order chi connectivity index (χ1) is 15.5. The van der Waals surface area contributed by atoms with Crippen molar-refractivity contribution in [2.24, 2.45) is 0 Å². The molecule has 0 saturated heterocycles. The van der Waals surface area contributed by atoms with Crippen molar-refractivity contribution in [1.29, 1.82) is 0 Å². The average Bonchev–Trinajstić information content (AvgIpc) is 3.38. The summed E-state index contributed by atoms with van der Waals surface area (Å²) in [6, 6.07) is 15.5. The van der Waals surface area contributed by atoms with Crippen molar-refractivity contribution in [3.05, 3.63) is 68.1 Å². The molecule has 4 aromatic rings. The second-order valence-electron chi connectivity index (χ2n) is 7.27. The number of halogens is 1. The first-order valence-electron chi connectivity index (χ1n) is 9.94. The standard InChI is InChI=1S/C23H18IN3O3S2/c1-30-23(29)27-11-10-14-18(12-27)32-22(26-20(28)13-6-2-3-7-15(13)24)19(14)21-25-16-8-4-5-9-17(16)31-21/h2-9H,10-12H2,1H3,(H,26,28). The molecular weight excluding hydrogens is 557 g/mol. The van der Waals surface area contributed by atoms with Crippen molar-refractivity contribution >= 4 is 72.5 Å². The van der Waals surface area contributed by atoms with Gasteiger partial charge in [0.2, 0.25) is 0 Å². The Morgan fingerprint density at radius 1 is 1.12 bits per heavy atom. The van der Waals surface area contributed by atoms with Crippen LogP contribution >= 0.6 is 45.3 Å². The molecule has 0 bridgehead atoms. The summed E-state index contributed by atoms with van der Waals surface area (Å²) in [4.78, 5) is 32.8. The van der Waals surface area contributed by atoms with Crippen LogP contribution in [0.5, 0.6) is 0 Å². The minimum absolute atomic E-state index is 0.152. The Kier molecular flexibility index (Phi) is 5.87. The molecule has 0 aliphatic carbocycles. The summed E-state index contributed by atoms with van der Waals surface area (Å²) in [5.41, 5.74) is 3.68. The van der Waals surface area contributed by atoms with Crippen molar-refractivity contribution in [2.45, 2.75) is 13.0 Å². The molecule has 1 aliphatic heterocycles. The van der Waals surface area contributed by atoms with E-state index in [9.17, 15) is 9.59 Å². The third-order valence-electron chi connectivity index (χ3n) is 5.34. The maximum absolute atomic E-state index is 13.1. The quantitative estimate of drug-likeness (QED) is 0.304. The highest BCUT2D eigenvalue weighted by Crippen LogP contribution is 2.46. The van der Waals surface area contributed by atoms with E-state index in [4.69, 9.17) is 9.72 Å². The van der Waals surface area contributed by atoms with Crippen LogP contribution in [0.3, 0.4) is 0 Å². The molecule has 32 heavy (non-hydrogen) atoms. The molecule has 2 aromatic carbocycles. The molecule has 0 atom stereocenters. The molecule has 0 radical (unpaired) electrons. The lowest BCUT2D eigenvalue weighted by molar-refractivity contribution is 0.102. The normalized spacial score (nSPS) is 13.1. The van der Waals surface area contributed by atoms with E-state index in [-0.39, 0.29) is 12.0 Å². The molecule has 2 aromatic heterocycles. The van der Waals surface area contributed by atoms with Crippen LogP contribution in [0, 0.1) is 3.57 Å². The number of thiazole rings is 1. The number of nitrogens with one attached hydrogen (secondary N) is 1. The summed E-state index contributed by atoms with van der Waals surface area (Å²) in [5.74, 6) is -0.152. The number of thiophene rings is 1. The Bertz CT molecular complexity index is 1310. The van der Waals surface area contributed by atoms with Crippen LogP contribution in [0.25, 0.3) is 20.8 Å². The molecule has 6 nitrogen and oxygen atoms in total. The minimum atomic E-state index is -0.338. The largest absolute Gasteiger partial charge is 0.453 e. The number of nitrogens with zero attached hydrogens (tertiary/aromatic N) is 2. The van der Waals surface area contributed by atoms with Crippen molar-refractivity contribution < 1.29 is 14.3 Å². The summed E-state index contributed by atoms with van der Waals surface area (Å²) in [6.07, 6.45) is 0.347. The van der Waals surface area contributed by atoms with Gasteiger partial charge in [0.25, 0.3) is 5.91 Å². The molecule has 0 spiro atoms. The van der Waals surface area contributed by atoms with Crippen molar-refractivity contribution in [3.8, 4) is 10.6 Å². The number of methoxy groups -OCH3 is 1. The Hall–Kier alpha value is -2.50. The molecule has 1 N–H and O–H groups in total. The molecule has 1 aliphatic rings. The highest BCUT2D eigenvalue weighted by molar-refractivity contribution is 14.1. The number of ether oxygens (including phenoxy) is 1. The van der Waals surface area contributed by atoms with Gasteiger partial charge in [-0.2, -0.15) is 0 Å². The average molecular weight is 575 g/mol. The lowest BCUT2D eigenvalue weighted by atomic mass is 10.0. The number of amides is 2. The second-order valence-corrected chi connectivity index (χ2v) is 10.6. The van der Waals surface area contributed by atoms with E-state index in [1.165, 1.54) is 18.4 Å². The maximum atomic E-state index is 13.1. The zero-order valence-corrected chi connectivity index (χ0v) is 20.8. The third kappa shape index (κ3) is 3.89. The predicted molar refractivity (Wildman–Crippen MR) is 137 cm³/mol. The Balaban J connectivity index is 1.59. The number of carbonyl (C=O) groups excluding carboxylic acids is 2. The van der Waals surface area contributed by atoms with E-state index < -0.39 is 0 Å². The van der Waals surface area contributed by atoms with E-state index in [2.05, 4.69) is 34.0 Å². The molecule has 5 rings (SSSR count). The third-order valence-corrected chi connectivity index (χ3v) is 8.47. The van der Waals surface area contributed by atoms with Gasteiger partial charge >= 0.3 is 6.09 Å². The van der Waals surface area contributed by atoms with Crippen LogP contribution < -0.4 is 5.32 Å². The zero-order valence-electron chi connectivity index (χ0n) is 17.1. The highest BCUT2D eigenvalue weighted by atomic mass is 127. The van der Waals surface area contributed by atoms with Gasteiger partial charge in [0.1, 0.15) is 10.0 Å². The van der Waals surface area contributed by atoms with Crippen LogP contribution in [0.2, 0.25) is 0 Å². The Morgan fingerprint density at radius 2 is 1.91 bits per heavy atom. The molecule has 2 amide bonds. The van der Waals surface area contributed by atoms with Crippen LogP contribution in [-0.2, 0) is 17.7 Å². The van der Waals surface area contributed by atoms with E-state index in [0.717, 1.165) is 39.8 Å². The molecular formula is C23H18IN3O3S2. The highest BCUT2D eigenvalue weighted by Gasteiger charge is 2.30. The summed E-state index contributed by atoms with van der Waals surface area (Å²) < 4.78 is 6.90. The number of aromatic nitrogens is 1. The van der Waals surface area contributed by atoms with Gasteiger partial charge in [-0.1, -0.05) is 24.3 Å². The monoisotopic (exact) mass is 575 g/mol. The SMILES string of the molecule is COC(=O)N1CCc2c(sc(NC(=O)c3ccccc3I)c2-c2nc3ccccc3s2)C1. The van der Waals surface area contributed by atoms with Gasteiger partial charge in [0.15, 0.2) is 0 Å². The van der Waals surface area contributed by atoms with Gasteiger partial charge in [0.05, 0.1) is 29.4 Å². The first-order valence-corrected chi connectivity index (χ1v) is 12.7. The summed E-state index contributed by atoms with van der Waals surface area (Å²) >= 11 is 5.30. The Labute approximate surface area is 206 Å². The molecule has 162 valence electrons. The van der Waals surface area contributed by atoms with Crippen molar-refractivity contribution in [3.63, 3.8) is 0 Å². The van der Waals surface area contributed by atoms with E-state index in [1.807, 2.05) is 42.5 Å². The number of para-hydroxylation sites is 1. The van der Waals surface area contributed by atoms with Gasteiger partial charge in [-0.15, -0.1) is 22.7 Å². The number of hydrogen-bond acceptors (Lipinski definition) is 6. The lowest BCUT2D eigenvalue weighted by Gasteiger charge is -2.25.